The molecular weight excluding hydrogens is 276 g/mol. The summed E-state index contributed by atoms with van der Waals surface area (Å²) in [5.74, 6) is 0.705. The van der Waals surface area contributed by atoms with Crippen molar-refractivity contribution in [3.63, 3.8) is 0 Å². The van der Waals surface area contributed by atoms with Crippen LogP contribution in [0.1, 0.15) is 29.8 Å². The fraction of sp³-hybridized carbons (Fsp3) is 0.308. The van der Waals surface area contributed by atoms with Gasteiger partial charge >= 0.3 is 5.97 Å². The van der Waals surface area contributed by atoms with Crippen molar-refractivity contribution >= 4 is 23.7 Å². The van der Waals surface area contributed by atoms with Gasteiger partial charge in [-0.3, -0.25) is 0 Å². The molecule has 0 radical (unpaired) electrons. The minimum Gasteiger partial charge on any atom is -0.459 e. The SMILES string of the molecule is CC(C)OC(=O)c1ccc(CSc2n[nH]c(N)n2)cc1. The monoisotopic (exact) mass is 292 g/mol. The van der Waals surface area contributed by atoms with Crippen LogP contribution in [0.3, 0.4) is 0 Å². The Labute approximate surface area is 121 Å². The third-order valence-corrected chi connectivity index (χ3v) is 3.30. The molecule has 1 aromatic carbocycles. The summed E-state index contributed by atoms with van der Waals surface area (Å²) in [7, 11) is 0. The normalized spacial score (nSPS) is 10.8. The maximum absolute atomic E-state index is 11.7. The van der Waals surface area contributed by atoms with Gasteiger partial charge < -0.3 is 10.5 Å². The number of nitrogens with two attached hydrogens (primary N) is 1. The van der Waals surface area contributed by atoms with Gasteiger partial charge in [0.15, 0.2) is 0 Å². The number of nitrogens with zero attached hydrogens (tertiary/aromatic N) is 2. The minimum atomic E-state index is -0.305. The summed E-state index contributed by atoms with van der Waals surface area (Å²) in [6.45, 7) is 3.65. The number of rotatable bonds is 5. The lowest BCUT2D eigenvalue weighted by Gasteiger charge is -2.08. The van der Waals surface area contributed by atoms with Crippen LogP contribution in [0.25, 0.3) is 0 Å². The molecule has 0 saturated carbocycles. The van der Waals surface area contributed by atoms with Crippen molar-refractivity contribution in [2.45, 2.75) is 30.9 Å². The van der Waals surface area contributed by atoms with E-state index in [0.717, 1.165) is 5.56 Å². The van der Waals surface area contributed by atoms with Crippen molar-refractivity contribution in [2.24, 2.45) is 0 Å². The van der Waals surface area contributed by atoms with E-state index >= 15 is 0 Å². The highest BCUT2D eigenvalue weighted by atomic mass is 32.2. The van der Waals surface area contributed by atoms with E-state index in [1.807, 2.05) is 26.0 Å². The molecule has 0 atom stereocenters. The summed E-state index contributed by atoms with van der Waals surface area (Å²) in [5.41, 5.74) is 7.07. The molecular formula is C13H16N4O2S. The Kier molecular flexibility index (Phi) is 4.62. The molecule has 0 spiro atoms. The highest BCUT2D eigenvalue weighted by Crippen LogP contribution is 2.19. The van der Waals surface area contributed by atoms with Gasteiger partial charge in [-0.05, 0) is 31.5 Å². The zero-order valence-corrected chi connectivity index (χ0v) is 12.1. The smallest absolute Gasteiger partial charge is 0.338 e. The third kappa shape index (κ3) is 3.99. The predicted octanol–water partition coefficient (Wildman–Crippen LogP) is 2.24. The molecule has 2 rings (SSSR count). The Balaban J connectivity index is 1.93. The second kappa shape index (κ2) is 6.42. The summed E-state index contributed by atoms with van der Waals surface area (Å²) in [6.07, 6.45) is -0.117. The number of esters is 1. The van der Waals surface area contributed by atoms with Crippen molar-refractivity contribution in [2.75, 3.05) is 5.73 Å². The lowest BCUT2D eigenvalue weighted by atomic mass is 10.1. The van der Waals surface area contributed by atoms with Gasteiger partial charge in [-0.2, -0.15) is 4.98 Å². The lowest BCUT2D eigenvalue weighted by molar-refractivity contribution is 0.0378. The summed E-state index contributed by atoms with van der Waals surface area (Å²) in [5, 5.41) is 7.12. The van der Waals surface area contributed by atoms with Crippen LogP contribution in [0.2, 0.25) is 0 Å². The number of hydrogen-bond donors (Lipinski definition) is 2. The van der Waals surface area contributed by atoms with Gasteiger partial charge in [0.05, 0.1) is 11.7 Å². The number of carbonyl (C=O) groups excluding carboxylic acids is 1. The molecule has 0 amide bonds. The highest BCUT2D eigenvalue weighted by Gasteiger charge is 2.09. The summed E-state index contributed by atoms with van der Waals surface area (Å²) in [6, 6.07) is 7.29. The van der Waals surface area contributed by atoms with E-state index in [-0.39, 0.29) is 12.1 Å². The largest absolute Gasteiger partial charge is 0.459 e. The summed E-state index contributed by atoms with van der Waals surface area (Å²) >= 11 is 1.47. The molecule has 6 nitrogen and oxygen atoms in total. The molecule has 1 heterocycles. The van der Waals surface area contributed by atoms with Crippen molar-refractivity contribution in [3.05, 3.63) is 35.4 Å². The lowest BCUT2D eigenvalue weighted by Crippen LogP contribution is -2.11. The van der Waals surface area contributed by atoms with Crippen LogP contribution < -0.4 is 5.73 Å². The minimum absolute atomic E-state index is 0.117. The van der Waals surface area contributed by atoms with E-state index in [1.165, 1.54) is 11.8 Å². The Morgan fingerprint density at radius 3 is 2.65 bits per heavy atom. The Hall–Kier alpha value is -2.02. The fourth-order valence-electron chi connectivity index (χ4n) is 1.49. The van der Waals surface area contributed by atoms with Gasteiger partial charge in [0, 0.05) is 5.75 Å². The number of benzene rings is 1. The third-order valence-electron chi connectivity index (χ3n) is 2.38. The average Bonchev–Trinajstić information content (AvgIpc) is 2.82. The van der Waals surface area contributed by atoms with Gasteiger partial charge in [0.2, 0.25) is 11.1 Å². The number of hydrogen-bond acceptors (Lipinski definition) is 6. The van der Waals surface area contributed by atoms with E-state index in [4.69, 9.17) is 10.5 Å². The number of nitrogen functional groups attached to an aromatic ring is 1. The second-order valence-corrected chi connectivity index (χ2v) is 5.39. The van der Waals surface area contributed by atoms with Crippen LogP contribution >= 0.6 is 11.8 Å². The van der Waals surface area contributed by atoms with E-state index in [1.54, 1.807) is 12.1 Å². The van der Waals surface area contributed by atoms with Crippen LogP contribution in [0.5, 0.6) is 0 Å². The molecule has 0 bridgehead atoms. The van der Waals surface area contributed by atoms with E-state index in [0.29, 0.717) is 22.4 Å². The standard InChI is InChI=1S/C13H16N4O2S/c1-8(2)19-11(18)10-5-3-9(4-6-10)7-20-13-15-12(14)16-17-13/h3-6,8H,7H2,1-2H3,(H3,14,15,16,17). The van der Waals surface area contributed by atoms with Crippen molar-refractivity contribution in [1.82, 2.24) is 15.2 Å². The van der Waals surface area contributed by atoms with E-state index in [2.05, 4.69) is 15.2 Å². The van der Waals surface area contributed by atoms with Crippen LogP contribution in [-0.4, -0.2) is 27.3 Å². The summed E-state index contributed by atoms with van der Waals surface area (Å²) in [4.78, 5) is 15.7. The molecule has 1 aromatic heterocycles. The van der Waals surface area contributed by atoms with Crippen LogP contribution in [0, 0.1) is 0 Å². The molecule has 20 heavy (non-hydrogen) atoms. The van der Waals surface area contributed by atoms with Crippen LogP contribution in [-0.2, 0) is 10.5 Å². The van der Waals surface area contributed by atoms with Gasteiger partial charge in [-0.25, -0.2) is 9.89 Å². The van der Waals surface area contributed by atoms with E-state index < -0.39 is 0 Å². The molecule has 2 aromatic rings. The molecule has 0 aliphatic rings. The molecule has 0 unspecified atom stereocenters. The molecule has 0 aliphatic carbocycles. The number of aromatic nitrogens is 3. The zero-order valence-electron chi connectivity index (χ0n) is 11.3. The number of aromatic amines is 1. The molecule has 0 aliphatic heterocycles. The van der Waals surface area contributed by atoms with Crippen LogP contribution in [0.15, 0.2) is 29.4 Å². The Morgan fingerprint density at radius 1 is 1.40 bits per heavy atom. The van der Waals surface area contributed by atoms with Gasteiger partial charge in [-0.15, -0.1) is 5.10 Å². The quantitative estimate of drug-likeness (QED) is 0.648. The van der Waals surface area contributed by atoms with Crippen LogP contribution in [0.4, 0.5) is 5.95 Å². The topological polar surface area (TPSA) is 93.9 Å². The number of nitrogens with one attached hydrogen (secondary N) is 1. The Bertz CT molecular complexity index is 580. The molecule has 106 valence electrons. The number of anilines is 1. The Morgan fingerprint density at radius 2 is 2.10 bits per heavy atom. The number of carbonyl (C=O) groups is 1. The van der Waals surface area contributed by atoms with Crippen molar-refractivity contribution < 1.29 is 9.53 Å². The second-order valence-electron chi connectivity index (χ2n) is 4.44. The zero-order chi connectivity index (χ0) is 14.5. The first-order valence-electron chi connectivity index (χ1n) is 6.15. The van der Waals surface area contributed by atoms with E-state index in [9.17, 15) is 4.79 Å². The average molecular weight is 292 g/mol. The predicted molar refractivity (Wildman–Crippen MR) is 77.3 cm³/mol. The van der Waals surface area contributed by atoms with Crippen molar-refractivity contribution in [3.8, 4) is 0 Å². The number of thioether (sulfide) groups is 1. The molecule has 3 N–H and O–H groups in total. The maximum Gasteiger partial charge on any atom is 0.338 e. The number of H-pyrrole nitrogens is 1. The first kappa shape index (κ1) is 14.4. The molecule has 7 heteroatoms. The van der Waals surface area contributed by atoms with Gasteiger partial charge in [0.25, 0.3) is 0 Å². The molecule has 0 fully saturated rings. The number of ether oxygens (including phenoxy) is 1. The first-order valence-corrected chi connectivity index (χ1v) is 7.14. The van der Waals surface area contributed by atoms with Gasteiger partial charge in [0.1, 0.15) is 0 Å². The summed E-state index contributed by atoms with van der Waals surface area (Å²) < 4.78 is 5.13. The first-order chi connectivity index (χ1) is 9.54. The maximum atomic E-state index is 11.7. The highest BCUT2D eigenvalue weighted by molar-refractivity contribution is 7.98. The van der Waals surface area contributed by atoms with Crippen molar-refractivity contribution in [1.29, 1.82) is 0 Å². The molecule has 0 saturated heterocycles. The fourth-order valence-corrected chi connectivity index (χ4v) is 2.25. The van der Waals surface area contributed by atoms with Gasteiger partial charge in [-0.1, -0.05) is 23.9 Å².